The van der Waals surface area contributed by atoms with Gasteiger partial charge in [0.05, 0.1) is 11.1 Å². The van der Waals surface area contributed by atoms with Crippen LogP contribution in [0.1, 0.15) is 26.3 Å². The Morgan fingerprint density at radius 3 is 2.74 bits per heavy atom. The van der Waals surface area contributed by atoms with Crippen LogP contribution in [0.3, 0.4) is 0 Å². The second kappa shape index (κ2) is 6.06. The van der Waals surface area contributed by atoms with Crippen molar-refractivity contribution in [1.29, 1.82) is 0 Å². The van der Waals surface area contributed by atoms with E-state index < -0.39 is 5.60 Å². The fraction of sp³-hybridized carbons (Fsp3) is 0.556. The van der Waals surface area contributed by atoms with E-state index in [4.69, 9.17) is 0 Å². The quantitative estimate of drug-likeness (QED) is 0.941. The van der Waals surface area contributed by atoms with Gasteiger partial charge in [-0.3, -0.25) is 4.90 Å². The fourth-order valence-corrected chi connectivity index (χ4v) is 3.42. The van der Waals surface area contributed by atoms with Gasteiger partial charge in [0.25, 0.3) is 0 Å². The van der Waals surface area contributed by atoms with E-state index in [9.17, 15) is 5.11 Å². The lowest BCUT2D eigenvalue weighted by Gasteiger charge is -2.42. The Kier molecular flexibility index (Phi) is 4.25. The highest BCUT2D eigenvalue weighted by Crippen LogP contribution is 2.28. The number of fused-ring (bicyclic) bond motifs is 1. The van der Waals surface area contributed by atoms with Gasteiger partial charge in [0.2, 0.25) is 0 Å². The van der Waals surface area contributed by atoms with Crippen LogP contribution in [0.5, 0.6) is 0 Å². The summed E-state index contributed by atoms with van der Waals surface area (Å²) in [6.45, 7) is 11.5. The number of nitrogens with zero attached hydrogens (tertiary/aromatic N) is 4. The molecule has 1 aliphatic heterocycles. The summed E-state index contributed by atoms with van der Waals surface area (Å²) in [5.74, 6) is 1.03. The molecule has 0 bridgehead atoms. The van der Waals surface area contributed by atoms with E-state index >= 15 is 0 Å². The molecule has 2 heterocycles. The topological polar surface area (TPSA) is 52.5 Å². The fourth-order valence-electron chi connectivity index (χ4n) is 3.42. The average Bonchev–Trinajstić information content (AvgIpc) is 2.48. The minimum Gasteiger partial charge on any atom is -0.389 e. The van der Waals surface area contributed by atoms with Crippen LogP contribution in [0.2, 0.25) is 0 Å². The van der Waals surface area contributed by atoms with Gasteiger partial charge in [-0.05, 0) is 39.3 Å². The summed E-state index contributed by atoms with van der Waals surface area (Å²) < 4.78 is 0. The Hall–Kier alpha value is -1.72. The first-order chi connectivity index (χ1) is 10.8. The maximum absolute atomic E-state index is 10.1. The van der Waals surface area contributed by atoms with Crippen LogP contribution in [-0.2, 0) is 0 Å². The van der Waals surface area contributed by atoms with E-state index in [0.29, 0.717) is 12.6 Å². The molecular weight excluding hydrogens is 288 g/mol. The number of aryl methyl sites for hydroxylation is 1. The van der Waals surface area contributed by atoms with E-state index in [1.165, 1.54) is 5.56 Å². The molecule has 1 saturated heterocycles. The molecule has 0 spiro atoms. The van der Waals surface area contributed by atoms with Crippen LogP contribution in [0.25, 0.3) is 10.9 Å². The standard InChI is InChI=1S/C18H26N4O/c1-13-6-5-7-15-16(13)17(20-12-19-15)21-8-9-22(14(2)10-21)11-18(3,4)23/h5-7,12,14,23H,8-11H2,1-4H3. The van der Waals surface area contributed by atoms with Crippen molar-refractivity contribution < 1.29 is 5.11 Å². The van der Waals surface area contributed by atoms with Gasteiger partial charge in [0.1, 0.15) is 12.1 Å². The van der Waals surface area contributed by atoms with Crippen LogP contribution in [0, 0.1) is 6.92 Å². The van der Waals surface area contributed by atoms with Gasteiger partial charge in [-0.25, -0.2) is 9.97 Å². The second-order valence-electron chi connectivity index (χ2n) is 7.24. The number of aromatic nitrogens is 2. The molecule has 1 fully saturated rings. The summed E-state index contributed by atoms with van der Waals surface area (Å²) in [6, 6.07) is 6.58. The molecule has 0 saturated carbocycles. The third-order valence-corrected chi connectivity index (χ3v) is 4.51. The minimum absolute atomic E-state index is 0.379. The largest absolute Gasteiger partial charge is 0.389 e. The van der Waals surface area contributed by atoms with Crippen molar-refractivity contribution in [3.8, 4) is 0 Å². The predicted molar refractivity (Wildman–Crippen MR) is 93.8 cm³/mol. The first kappa shape index (κ1) is 16.1. The van der Waals surface area contributed by atoms with Crippen molar-refractivity contribution in [2.75, 3.05) is 31.1 Å². The summed E-state index contributed by atoms with van der Waals surface area (Å²) >= 11 is 0. The smallest absolute Gasteiger partial charge is 0.140 e. The van der Waals surface area contributed by atoms with Crippen molar-refractivity contribution in [1.82, 2.24) is 14.9 Å². The zero-order valence-corrected chi connectivity index (χ0v) is 14.5. The molecule has 1 unspecified atom stereocenters. The molecule has 23 heavy (non-hydrogen) atoms. The van der Waals surface area contributed by atoms with E-state index in [0.717, 1.165) is 36.4 Å². The molecule has 0 aliphatic carbocycles. The lowest BCUT2D eigenvalue weighted by molar-refractivity contribution is 0.0201. The van der Waals surface area contributed by atoms with Gasteiger partial charge >= 0.3 is 0 Å². The Labute approximate surface area is 138 Å². The highest BCUT2D eigenvalue weighted by atomic mass is 16.3. The third kappa shape index (κ3) is 3.46. The number of hydrogen-bond acceptors (Lipinski definition) is 5. The maximum atomic E-state index is 10.1. The van der Waals surface area contributed by atoms with Crippen LogP contribution in [-0.4, -0.2) is 57.8 Å². The first-order valence-corrected chi connectivity index (χ1v) is 8.27. The Morgan fingerprint density at radius 1 is 1.26 bits per heavy atom. The SMILES string of the molecule is Cc1cccc2ncnc(N3CCN(CC(C)(C)O)C(C)C3)c12. The molecule has 1 aromatic carbocycles. The average molecular weight is 314 g/mol. The molecule has 5 nitrogen and oxygen atoms in total. The van der Waals surface area contributed by atoms with Crippen molar-refractivity contribution >= 4 is 16.7 Å². The molecule has 124 valence electrons. The second-order valence-corrected chi connectivity index (χ2v) is 7.24. The number of benzene rings is 1. The summed E-state index contributed by atoms with van der Waals surface area (Å²) in [5, 5.41) is 11.2. The lowest BCUT2D eigenvalue weighted by atomic mass is 10.1. The molecule has 1 atom stereocenters. The highest BCUT2D eigenvalue weighted by Gasteiger charge is 2.29. The first-order valence-electron chi connectivity index (χ1n) is 8.27. The Bertz CT molecular complexity index is 690. The van der Waals surface area contributed by atoms with E-state index in [2.05, 4.69) is 39.7 Å². The molecule has 1 aromatic heterocycles. The molecule has 1 N–H and O–H groups in total. The van der Waals surface area contributed by atoms with Gasteiger partial charge in [0, 0.05) is 37.6 Å². The Balaban J connectivity index is 1.85. The summed E-state index contributed by atoms with van der Waals surface area (Å²) in [6.07, 6.45) is 1.66. The van der Waals surface area contributed by atoms with Crippen LogP contribution < -0.4 is 4.90 Å². The molecule has 1 aliphatic rings. The normalized spacial score (nSPS) is 20.2. The number of piperazine rings is 1. The van der Waals surface area contributed by atoms with Gasteiger partial charge in [-0.15, -0.1) is 0 Å². The predicted octanol–water partition coefficient (Wildman–Crippen LogP) is 2.22. The van der Waals surface area contributed by atoms with Crippen molar-refractivity contribution in [2.24, 2.45) is 0 Å². The summed E-state index contributed by atoms with van der Waals surface area (Å²) in [7, 11) is 0. The zero-order valence-electron chi connectivity index (χ0n) is 14.5. The number of aliphatic hydroxyl groups is 1. The molecule has 0 radical (unpaired) electrons. The number of hydrogen-bond donors (Lipinski definition) is 1. The van der Waals surface area contributed by atoms with Gasteiger partial charge < -0.3 is 10.0 Å². The summed E-state index contributed by atoms with van der Waals surface area (Å²) in [4.78, 5) is 13.7. The molecule has 0 amide bonds. The lowest BCUT2D eigenvalue weighted by Crippen LogP contribution is -2.55. The van der Waals surface area contributed by atoms with Crippen molar-refractivity contribution in [3.63, 3.8) is 0 Å². The van der Waals surface area contributed by atoms with Crippen LogP contribution in [0.4, 0.5) is 5.82 Å². The molecular formula is C18H26N4O. The van der Waals surface area contributed by atoms with Crippen molar-refractivity contribution in [2.45, 2.75) is 39.3 Å². The number of rotatable bonds is 3. The monoisotopic (exact) mass is 314 g/mol. The Morgan fingerprint density at radius 2 is 2.04 bits per heavy atom. The highest BCUT2D eigenvalue weighted by molar-refractivity contribution is 5.92. The van der Waals surface area contributed by atoms with Gasteiger partial charge in [-0.1, -0.05) is 12.1 Å². The van der Waals surface area contributed by atoms with Crippen molar-refractivity contribution in [3.05, 3.63) is 30.1 Å². The van der Waals surface area contributed by atoms with E-state index in [-0.39, 0.29) is 0 Å². The molecule has 2 aromatic rings. The maximum Gasteiger partial charge on any atom is 0.140 e. The third-order valence-electron chi connectivity index (χ3n) is 4.51. The number of β-amino-alcohol motifs (C(OH)–C–C–N with tert-alkyl or cyclic N) is 1. The number of anilines is 1. The molecule has 3 rings (SSSR count). The van der Waals surface area contributed by atoms with E-state index in [1.54, 1.807) is 6.33 Å². The van der Waals surface area contributed by atoms with Gasteiger partial charge in [0.15, 0.2) is 0 Å². The van der Waals surface area contributed by atoms with Crippen LogP contribution in [0.15, 0.2) is 24.5 Å². The van der Waals surface area contributed by atoms with Crippen LogP contribution >= 0.6 is 0 Å². The van der Waals surface area contributed by atoms with Gasteiger partial charge in [-0.2, -0.15) is 0 Å². The minimum atomic E-state index is -0.658. The molecule has 5 heteroatoms. The summed E-state index contributed by atoms with van der Waals surface area (Å²) in [5.41, 5.74) is 1.56. The van der Waals surface area contributed by atoms with E-state index in [1.807, 2.05) is 26.0 Å². The zero-order chi connectivity index (χ0) is 16.6.